The molecule has 0 radical (unpaired) electrons. The minimum atomic E-state index is -1.24. The molecule has 11 heteroatoms. The predicted octanol–water partition coefficient (Wildman–Crippen LogP) is 9.87. The van der Waals surface area contributed by atoms with Gasteiger partial charge in [-0.25, -0.2) is 9.59 Å². The molecule has 3 rings (SSSR count). The molecule has 57 heavy (non-hydrogen) atoms. The third-order valence-corrected chi connectivity index (χ3v) is 9.33. The van der Waals surface area contributed by atoms with Gasteiger partial charge in [0.1, 0.15) is 30.1 Å². The van der Waals surface area contributed by atoms with Crippen LogP contribution in [-0.2, 0) is 33.3 Å². The van der Waals surface area contributed by atoms with Crippen molar-refractivity contribution < 1.29 is 52.4 Å². The van der Waals surface area contributed by atoms with Crippen LogP contribution in [0.4, 0.5) is 0 Å². The molecule has 0 aliphatic rings. The highest BCUT2D eigenvalue weighted by Crippen LogP contribution is 2.25. The topological polar surface area (TPSA) is 141 Å². The van der Waals surface area contributed by atoms with Crippen molar-refractivity contribution in [3.8, 4) is 22.6 Å². The summed E-state index contributed by atoms with van der Waals surface area (Å²) in [6, 6.07) is 21.5. The van der Waals surface area contributed by atoms with Crippen molar-refractivity contribution in [1.29, 1.82) is 0 Å². The highest BCUT2D eigenvalue weighted by Gasteiger charge is 2.38. The SMILES string of the molecule is CCCC(C)OC(=O)c1ccc(OC(=O)c2ccc(-c3ccc(OCCCCCCCCCCCCOC(=O)C(C)(COC(C)=O)COC(C)=O)cc3)cc2)cc1. The highest BCUT2D eigenvalue weighted by atomic mass is 16.6. The van der Waals surface area contributed by atoms with Crippen molar-refractivity contribution in [2.24, 2.45) is 5.41 Å². The number of esters is 5. The lowest BCUT2D eigenvalue weighted by molar-refractivity contribution is -0.169. The second-order valence-corrected chi connectivity index (χ2v) is 14.7. The molecule has 11 nitrogen and oxygen atoms in total. The van der Waals surface area contributed by atoms with E-state index in [1.54, 1.807) is 43.3 Å². The summed E-state index contributed by atoms with van der Waals surface area (Å²) in [5, 5.41) is 0. The normalized spacial score (nSPS) is 11.6. The van der Waals surface area contributed by atoms with Crippen LogP contribution < -0.4 is 9.47 Å². The molecule has 0 spiro atoms. The maximum atomic E-state index is 12.7. The van der Waals surface area contributed by atoms with Crippen LogP contribution in [0.2, 0.25) is 0 Å². The molecule has 0 bridgehead atoms. The van der Waals surface area contributed by atoms with Gasteiger partial charge in [0.2, 0.25) is 0 Å². The Kier molecular flexibility index (Phi) is 20.4. The molecule has 0 N–H and O–H groups in total. The number of hydrogen-bond acceptors (Lipinski definition) is 11. The summed E-state index contributed by atoms with van der Waals surface area (Å²) in [7, 11) is 0. The zero-order valence-electron chi connectivity index (χ0n) is 34.3. The predicted molar refractivity (Wildman–Crippen MR) is 217 cm³/mol. The van der Waals surface area contributed by atoms with Crippen LogP contribution in [0.1, 0.15) is 132 Å². The van der Waals surface area contributed by atoms with E-state index in [2.05, 4.69) is 0 Å². The fraction of sp³-hybridized carbons (Fsp3) is 0.500. The standard InChI is InChI=1S/C46H60O11/c1-6-17-34(2)56-43(49)40-24-28-42(29-25-40)57-44(50)39-20-18-37(19-21-39)38-22-26-41(27-23-38)52-30-15-13-11-9-7-8-10-12-14-16-31-53-45(51)46(5,32-54-35(3)47)33-55-36(4)48/h18-29,34H,6-17,30-33H2,1-5H3. The third kappa shape index (κ3) is 17.7. The lowest BCUT2D eigenvalue weighted by atomic mass is 9.93. The lowest BCUT2D eigenvalue weighted by Crippen LogP contribution is -2.40. The number of rotatable bonds is 26. The van der Waals surface area contributed by atoms with Crippen molar-refractivity contribution in [1.82, 2.24) is 0 Å². The summed E-state index contributed by atoms with van der Waals surface area (Å²) in [6.45, 7) is 8.49. The summed E-state index contributed by atoms with van der Waals surface area (Å²) >= 11 is 0. The van der Waals surface area contributed by atoms with Crippen molar-refractivity contribution >= 4 is 29.8 Å². The van der Waals surface area contributed by atoms with Crippen LogP contribution in [0.5, 0.6) is 11.5 Å². The minimum absolute atomic E-state index is 0.152. The van der Waals surface area contributed by atoms with Gasteiger partial charge >= 0.3 is 29.8 Å². The fourth-order valence-corrected chi connectivity index (χ4v) is 5.91. The number of hydrogen-bond donors (Lipinski definition) is 0. The maximum absolute atomic E-state index is 12.7. The number of ether oxygens (including phenoxy) is 6. The Morgan fingerprint density at radius 1 is 0.561 bits per heavy atom. The summed E-state index contributed by atoms with van der Waals surface area (Å²) in [6.07, 6.45) is 12.3. The van der Waals surface area contributed by atoms with Crippen LogP contribution in [0.15, 0.2) is 72.8 Å². The molecule has 1 unspecified atom stereocenters. The third-order valence-electron chi connectivity index (χ3n) is 9.33. The van der Waals surface area contributed by atoms with Crippen LogP contribution in [0, 0.1) is 5.41 Å². The number of unbranched alkanes of at least 4 members (excludes halogenated alkanes) is 9. The van der Waals surface area contributed by atoms with Gasteiger partial charge in [-0.3, -0.25) is 14.4 Å². The Balaban J connectivity index is 1.23. The summed E-state index contributed by atoms with van der Waals surface area (Å²) in [5.41, 5.74) is 1.57. The molecular formula is C46H60O11. The smallest absolute Gasteiger partial charge is 0.343 e. The molecule has 0 amide bonds. The van der Waals surface area contributed by atoms with E-state index in [1.165, 1.54) is 39.5 Å². The first kappa shape index (κ1) is 46.2. The molecule has 0 aromatic heterocycles. The van der Waals surface area contributed by atoms with Crippen LogP contribution in [0.25, 0.3) is 11.1 Å². The van der Waals surface area contributed by atoms with Crippen molar-refractivity contribution in [3.63, 3.8) is 0 Å². The van der Waals surface area contributed by atoms with Crippen LogP contribution in [0.3, 0.4) is 0 Å². The summed E-state index contributed by atoms with van der Waals surface area (Å²) < 4.78 is 32.3. The Morgan fingerprint density at radius 2 is 1.00 bits per heavy atom. The average Bonchev–Trinajstić information content (AvgIpc) is 3.20. The molecule has 0 aliphatic carbocycles. The van der Waals surface area contributed by atoms with E-state index < -0.39 is 35.3 Å². The van der Waals surface area contributed by atoms with Crippen LogP contribution >= 0.6 is 0 Å². The van der Waals surface area contributed by atoms with Gasteiger partial charge in [0, 0.05) is 13.8 Å². The number of carbonyl (C=O) groups is 5. The Morgan fingerprint density at radius 3 is 1.51 bits per heavy atom. The Bertz CT molecular complexity index is 1660. The van der Waals surface area contributed by atoms with Crippen LogP contribution in [-0.4, -0.2) is 62.4 Å². The van der Waals surface area contributed by atoms with E-state index in [-0.39, 0.29) is 25.9 Å². The van der Waals surface area contributed by atoms with E-state index in [9.17, 15) is 24.0 Å². The highest BCUT2D eigenvalue weighted by molar-refractivity contribution is 5.92. The molecule has 0 saturated heterocycles. The molecule has 310 valence electrons. The average molecular weight is 789 g/mol. The van der Waals surface area contributed by atoms with Gasteiger partial charge in [0.05, 0.1) is 30.4 Å². The van der Waals surface area contributed by atoms with Gasteiger partial charge in [-0.15, -0.1) is 0 Å². The number of benzene rings is 3. The molecule has 0 aliphatic heterocycles. The second kappa shape index (κ2) is 25.1. The van der Waals surface area contributed by atoms with Gasteiger partial charge < -0.3 is 28.4 Å². The molecule has 3 aromatic rings. The largest absolute Gasteiger partial charge is 0.494 e. The fourth-order valence-electron chi connectivity index (χ4n) is 5.91. The van der Waals surface area contributed by atoms with Gasteiger partial charge in [-0.2, -0.15) is 0 Å². The maximum Gasteiger partial charge on any atom is 0.343 e. The van der Waals surface area contributed by atoms with Gasteiger partial charge in [-0.05, 0) is 92.8 Å². The molecule has 0 fully saturated rings. The summed E-state index contributed by atoms with van der Waals surface area (Å²) in [4.78, 5) is 60.0. The first-order valence-electron chi connectivity index (χ1n) is 20.2. The van der Waals surface area contributed by atoms with Crippen molar-refractivity contribution in [2.75, 3.05) is 26.4 Å². The second-order valence-electron chi connectivity index (χ2n) is 14.7. The lowest BCUT2D eigenvalue weighted by Gasteiger charge is -2.26. The minimum Gasteiger partial charge on any atom is -0.494 e. The Hall–Kier alpha value is -5.19. The molecule has 0 heterocycles. The zero-order valence-corrected chi connectivity index (χ0v) is 34.3. The van der Waals surface area contributed by atoms with E-state index in [0.29, 0.717) is 23.5 Å². The van der Waals surface area contributed by atoms with E-state index in [0.717, 1.165) is 68.2 Å². The van der Waals surface area contributed by atoms with Gasteiger partial charge in [-0.1, -0.05) is 89.0 Å². The monoisotopic (exact) mass is 788 g/mol. The van der Waals surface area contributed by atoms with Crippen molar-refractivity contribution in [2.45, 2.75) is 118 Å². The van der Waals surface area contributed by atoms with Gasteiger partial charge in [0.15, 0.2) is 0 Å². The quantitative estimate of drug-likeness (QED) is 0.0332. The van der Waals surface area contributed by atoms with E-state index in [4.69, 9.17) is 28.4 Å². The molecule has 0 saturated carbocycles. The van der Waals surface area contributed by atoms with E-state index >= 15 is 0 Å². The molecular weight excluding hydrogens is 728 g/mol. The number of carbonyl (C=O) groups excluding carboxylic acids is 5. The molecule has 3 aromatic carbocycles. The van der Waals surface area contributed by atoms with Crippen molar-refractivity contribution in [3.05, 3.63) is 83.9 Å². The summed E-state index contributed by atoms with van der Waals surface area (Å²) in [5.74, 6) is -1.30. The first-order chi connectivity index (χ1) is 27.4. The zero-order chi connectivity index (χ0) is 41.5. The first-order valence-corrected chi connectivity index (χ1v) is 20.2. The van der Waals surface area contributed by atoms with E-state index in [1.807, 2.05) is 50.2 Å². The Labute approximate surface area is 337 Å². The van der Waals surface area contributed by atoms with Gasteiger partial charge in [0.25, 0.3) is 0 Å². The molecule has 1 atom stereocenters.